The summed E-state index contributed by atoms with van der Waals surface area (Å²) >= 11 is 4.73. The van der Waals surface area contributed by atoms with Crippen molar-refractivity contribution in [2.24, 2.45) is 11.7 Å². The number of nitrogens with two attached hydrogens (primary N) is 1. The summed E-state index contributed by atoms with van der Waals surface area (Å²) in [6.45, 7) is 3.03. The number of benzene rings is 1. The van der Waals surface area contributed by atoms with E-state index in [1.165, 1.54) is 12.1 Å². The minimum absolute atomic E-state index is 0.178. The second-order valence-corrected chi connectivity index (χ2v) is 5.81. The van der Waals surface area contributed by atoms with Crippen molar-refractivity contribution >= 4 is 22.9 Å². The average Bonchev–Trinajstić information content (AvgIpc) is 2.40. The van der Waals surface area contributed by atoms with E-state index in [-0.39, 0.29) is 16.5 Å². The number of piperidine rings is 1. The van der Waals surface area contributed by atoms with Crippen molar-refractivity contribution in [3.8, 4) is 0 Å². The number of aliphatic hydroxyl groups is 1. The number of β-amino-alcohol motifs (C(OH)–C–C–N with tert-alkyl or cyclic N) is 1. The molecule has 1 fully saturated rings. The second-order valence-electron chi connectivity index (χ2n) is 5.37. The zero-order valence-electron chi connectivity index (χ0n) is 11.5. The molecular formula is C14H17F3N2OS. The van der Waals surface area contributed by atoms with Crippen LogP contribution in [0.1, 0.15) is 24.5 Å². The van der Waals surface area contributed by atoms with Gasteiger partial charge in [0, 0.05) is 24.3 Å². The van der Waals surface area contributed by atoms with Crippen LogP contribution in [0.4, 0.5) is 18.9 Å². The molecule has 0 spiro atoms. The maximum absolute atomic E-state index is 12.9. The van der Waals surface area contributed by atoms with Gasteiger partial charge in [0.05, 0.1) is 11.7 Å². The number of thiocarbonyl (C=S) groups is 1. The maximum atomic E-state index is 12.9. The SMILES string of the molecule is CC1CCN(c2ccc(C(F)(F)F)c(C(N)=S)c2)CC1O. The van der Waals surface area contributed by atoms with Gasteiger partial charge in [-0.25, -0.2) is 0 Å². The molecule has 2 atom stereocenters. The van der Waals surface area contributed by atoms with Crippen LogP contribution in [-0.4, -0.2) is 29.3 Å². The lowest BCUT2D eigenvalue weighted by atomic mass is 9.95. The number of alkyl halides is 3. The van der Waals surface area contributed by atoms with Crippen molar-refractivity contribution in [1.29, 1.82) is 0 Å². The number of hydrogen-bond acceptors (Lipinski definition) is 3. The van der Waals surface area contributed by atoms with Gasteiger partial charge in [-0.15, -0.1) is 0 Å². The van der Waals surface area contributed by atoms with Gasteiger partial charge in [-0.1, -0.05) is 19.1 Å². The van der Waals surface area contributed by atoms with Crippen LogP contribution in [0.5, 0.6) is 0 Å². The molecule has 1 aliphatic rings. The highest BCUT2D eigenvalue weighted by Crippen LogP contribution is 2.34. The van der Waals surface area contributed by atoms with E-state index in [2.05, 4.69) is 0 Å². The van der Waals surface area contributed by atoms with E-state index in [9.17, 15) is 18.3 Å². The first-order valence-electron chi connectivity index (χ1n) is 6.64. The molecule has 21 heavy (non-hydrogen) atoms. The van der Waals surface area contributed by atoms with E-state index in [1.807, 2.05) is 11.8 Å². The molecule has 7 heteroatoms. The predicted molar refractivity (Wildman–Crippen MR) is 79.3 cm³/mol. The van der Waals surface area contributed by atoms with E-state index in [4.69, 9.17) is 18.0 Å². The summed E-state index contributed by atoms with van der Waals surface area (Å²) in [6.07, 6.45) is -4.20. The first kappa shape index (κ1) is 16.0. The lowest BCUT2D eigenvalue weighted by Crippen LogP contribution is -2.43. The average molecular weight is 318 g/mol. The summed E-state index contributed by atoms with van der Waals surface area (Å²) in [7, 11) is 0. The first-order chi connectivity index (χ1) is 9.70. The van der Waals surface area contributed by atoms with Gasteiger partial charge in [0.2, 0.25) is 0 Å². The molecule has 1 aliphatic heterocycles. The van der Waals surface area contributed by atoms with Crippen LogP contribution >= 0.6 is 12.2 Å². The van der Waals surface area contributed by atoms with Gasteiger partial charge >= 0.3 is 6.18 Å². The van der Waals surface area contributed by atoms with Gasteiger partial charge in [-0.05, 0) is 30.5 Å². The van der Waals surface area contributed by atoms with Crippen LogP contribution in [0.2, 0.25) is 0 Å². The largest absolute Gasteiger partial charge is 0.417 e. The van der Waals surface area contributed by atoms with Crippen molar-refractivity contribution < 1.29 is 18.3 Å². The van der Waals surface area contributed by atoms with Gasteiger partial charge in [-0.2, -0.15) is 13.2 Å². The lowest BCUT2D eigenvalue weighted by molar-refractivity contribution is -0.137. The second kappa shape index (κ2) is 5.81. The monoisotopic (exact) mass is 318 g/mol. The molecule has 1 aromatic rings. The highest BCUT2D eigenvalue weighted by atomic mass is 32.1. The van der Waals surface area contributed by atoms with Crippen LogP contribution < -0.4 is 10.6 Å². The van der Waals surface area contributed by atoms with Crippen molar-refractivity contribution in [3.63, 3.8) is 0 Å². The van der Waals surface area contributed by atoms with Crippen LogP contribution in [0.15, 0.2) is 18.2 Å². The Morgan fingerprint density at radius 1 is 1.43 bits per heavy atom. The molecule has 0 aliphatic carbocycles. The van der Waals surface area contributed by atoms with Gasteiger partial charge in [0.1, 0.15) is 4.99 Å². The van der Waals surface area contributed by atoms with Gasteiger partial charge in [-0.3, -0.25) is 0 Å². The van der Waals surface area contributed by atoms with E-state index in [1.54, 1.807) is 0 Å². The Kier molecular flexibility index (Phi) is 4.43. The molecule has 0 radical (unpaired) electrons. The Bertz CT molecular complexity index is 548. The third-order valence-corrected chi connectivity index (χ3v) is 4.08. The van der Waals surface area contributed by atoms with E-state index >= 15 is 0 Å². The molecule has 0 saturated carbocycles. The Labute approximate surface area is 126 Å². The predicted octanol–water partition coefficient (Wildman–Crippen LogP) is 2.55. The van der Waals surface area contributed by atoms with E-state index in [0.717, 1.165) is 12.5 Å². The summed E-state index contributed by atoms with van der Waals surface area (Å²) in [5, 5.41) is 9.90. The zero-order chi connectivity index (χ0) is 15.8. The molecule has 0 aromatic heterocycles. The first-order valence-corrected chi connectivity index (χ1v) is 7.05. The topological polar surface area (TPSA) is 49.5 Å². The minimum Gasteiger partial charge on any atom is -0.391 e. The van der Waals surface area contributed by atoms with E-state index < -0.39 is 17.8 Å². The summed E-state index contributed by atoms with van der Waals surface area (Å²) < 4.78 is 38.8. The lowest BCUT2D eigenvalue weighted by Gasteiger charge is -2.36. The number of halogens is 3. The van der Waals surface area contributed by atoms with E-state index in [0.29, 0.717) is 18.8 Å². The Morgan fingerprint density at radius 2 is 2.10 bits per heavy atom. The van der Waals surface area contributed by atoms with Crippen LogP contribution in [-0.2, 0) is 6.18 Å². The summed E-state index contributed by atoms with van der Waals surface area (Å²) in [4.78, 5) is 1.57. The number of nitrogens with zero attached hydrogens (tertiary/aromatic N) is 1. The summed E-state index contributed by atoms with van der Waals surface area (Å²) in [5.41, 5.74) is 5.01. The number of anilines is 1. The number of hydrogen-bond donors (Lipinski definition) is 2. The standard InChI is InChI=1S/C14H17F3N2OS/c1-8-4-5-19(7-12(8)20)9-2-3-11(14(15,16)17)10(6-9)13(18)21/h2-3,6,8,12,20H,4-5,7H2,1H3,(H2,18,21). The summed E-state index contributed by atoms with van der Waals surface area (Å²) in [5.74, 6) is 0.186. The minimum atomic E-state index is -4.49. The fraction of sp³-hybridized carbons (Fsp3) is 0.500. The van der Waals surface area contributed by atoms with Gasteiger partial charge in [0.15, 0.2) is 0 Å². The molecule has 1 saturated heterocycles. The molecule has 1 aromatic carbocycles. The molecule has 2 rings (SSSR count). The fourth-order valence-electron chi connectivity index (χ4n) is 2.46. The van der Waals surface area contributed by atoms with Gasteiger partial charge < -0.3 is 15.7 Å². The summed E-state index contributed by atoms with van der Waals surface area (Å²) in [6, 6.07) is 3.75. The van der Waals surface area contributed by atoms with Crippen LogP contribution in [0.3, 0.4) is 0 Å². The molecule has 0 bridgehead atoms. The Morgan fingerprint density at radius 3 is 2.62 bits per heavy atom. The molecule has 1 heterocycles. The zero-order valence-corrected chi connectivity index (χ0v) is 12.3. The number of aliphatic hydroxyl groups excluding tert-OH is 1. The van der Waals surface area contributed by atoms with Crippen molar-refractivity contribution in [2.45, 2.75) is 25.6 Å². The van der Waals surface area contributed by atoms with Crippen molar-refractivity contribution in [3.05, 3.63) is 29.3 Å². The molecule has 0 amide bonds. The quantitative estimate of drug-likeness (QED) is 0.823. The highest BCUT2D eigenvalue weighted by Gasteiger charge is 2.34. The molecular weight excluding hydrogens is 301 g/mol. The molecule has 3 nitrogen and oxygen atoms in total. The van der Waals surface area contributed by atoms with Crippen LogP contribution in [0, 0.1) is 5.92 Å². The third kappa shape index (κ3) is 3.47. The molecule has 3 N–H and O–H groups in total. The highest BCUT2D eigenvalue weighted by molar-refractivity contribution is 7.80. The Hall–Kier alpha value is -1.34. The molecule has 2 unspecified atom stereocenters. The Balaban J connectivity index is 2.35. The normalized spacial score (nSPS) is 23.2. The van der Waals surface area contributed by atoms with Crippen molar-refractivity contribution in [2.75, 3.05) is 18.0 Å². The van der Waals surface area contributed by atoms with Gasteiger partial charge in [0.25, 0.3) is 0 Å². The van der Waals surface area contributed by atoms with Crippen LogP contribution in [0.25, 0.3) is 0 Å². The number of rotatable bonds is 2. The van der Waals surface area contributed by atoms with Crippen molar-refractivity contribution in [1.82, 2.24) is 0 Å². The smallest absolute Gasteiger partial charge is 0.391 e. The molecule has 116 valence electrons. The maximum Gasteiger partial charge on any atom is 0.417 e. The third-order valence-electron chi connectivity index (χ3n) is 3.86. The fourth-order valence-corrected chi connectivity index (χ4v) is 2.63.